The second-order valence-electron chi connectivity index (χ2n) is 10.4. The fourth-order valence-corrected chi connectivity index (χ4v) is 6.49. The molecule has 0 aromatic heterocycles. The third-order valence-corrected chi connectivity index (χ3v) is 9.36. The molecule has 1 saturated carbocycles. The standard InChI is InChI=1S/C31H36FN3O4S/c1-22-10-9-15-29(23(22)2)35(40(38,39)28-13-5-4-6-14-28)21-30(36)34(20-25-16-18-26(32)19-17-25)24(3)31(37)33-27-11-7-8-12-27/h4-6,9-10,13-19,24,27H,7-8,11-12,20-21H2,1-3H3,(H,33,37)/t24-/m1/s1. The lowest BCUT2D eigenvalue weighted by Gasteiger charge is -2.33. The lowest BCUT2D eigenvalue weighted by atomic mass is 10.1. The first-order valence-electron chi connectivity index (χ1n) is 13.6. The summed E-state index contributed by atoms with van der Waals surface area (Å²) in [6.07, 6.45) is 3.86. The Hall–Kier alpha value is -3.72. The monoisotopic (exact) mass is 565 g/mol. The van der Waals surface area contributed by atoms with Crippen molar-refractivity contribution in [2.45, 2.75) is 70.0 Å². The van der Waals surface area contributed by atoms with Gasteiger partial charge in [0.25, 0.3) is 10.0 Å². The fourth-order valence-electron chi connectivity index (χ4n) is 5.00. The van der Waals surface area contributed by atoms with Crippen LogP contribution in [-0.2, 0) is 26.2 Å². The van der Waals surface area contributed by atoms with Gasteiger partial charge in [-0.15, -0.1) is 0 Å². The van der Waals surface area contributed by atoms with Crippen molar-refractivity contribution in [2.24, 2.45) is 0 Å². The van der Waals surface area contributed by atoms with Crippen molar-refractivity contribution in [2.75, 3.05) is 10.8 Å². The molecule has 0 radical (unpaired) electrons. The van der Waals surface area contributed by atoms with Gasteiger partial charge in [-0.05, 0) is 80.6 Å². The summed E-state index contributed by atoms with van der Waals surface area (Å²) in [6.45, 7) is 4.84. The van der Waals surface area contributed by atoms with Gasteiger partial charge >= 0.3 is 0 Å². The number of aryl methyl sites for hydroxylation is 1. The minimum atomic E-state index is -4.13. The number of benzene rings is 3. The van der Waals surface area contributed by atoms with Crippen LogP contribution in [0.5, 0.6) is 0 Å². The lowest BCUT2D eigenvalue weighted by molar-refractivity contribution is -0.139. The molecule has 3 aromatic carbocycles. The number of rotatable bonds is 10. The highest BCUT2D eigenvalue weighted by atomic mass is 32.2. The van der Waals surface area contributed by atoms with E-state index in [2.05, 4.69) is 5.32 Å². The summed E-state index contributed by atoms with van der Waals surface area (Å²) in [6, 6.07) is 18.2. The maximum absolute atomic E-state index is 14.0. The molecule has 1 fully saturated rings. The number of carbonyl (C=O) groups excluding carboxylic acids is 2. The van der Waals surface area contributed by atoms with E-state index in [0.717, 1.165) is 41.1 Å². The average Bonchev–Trinajstić information content (AvgIpc) is 3.46. The van der Waals surface area contributed by atoms with Crippen LogP contribution in [0.15, 0.2) is 77.7 Å². The maximum Gasteiger partial charge on any atom is 0.264 e. The first-order valence-corrected chi connectivity index (χ1v) is 15.0. The molecule has 3 aromatic rings. The van der Waals surface area contributed by atoms with Crippen molar-refractivity contribution in [3.05, 3.63) is 95.3 Å². The summed E-state index contributed by atoms with van der Waals surface area (Å²) in [5.74, 6) is -1.26. The Morgan fingerprint density at radius 3 is 2.25 bits per heavy atom. The molecule has 1 aliphatic rings. The number of halogens is 1. The molecule has 0 unspecified atom stereocenters. The summed E-state index contributed by atoms with van der Waals surface area (Å²) in [5, 5.41) is 3.04. The summed E-state index contributed by atoms with van der Waals surface area (Å²) in [5.41, 5.74) is 2.62. The Kier molecular flexibility index (Phi) is 9.25. The number of amides is 2. The molecule has 4 rings (SSSR count). The van der Waals surface area contributed by atoms with E-state index in [1.807, 2.05) is 19.9 Å². The Labute approximate surface area is 236 Å². The van der Waals surface area contributed by atoms with E-state index < -0.39 is 34.3 Å². The van der Waals surface area contributed by atoms with Gasteiger partial charge in [0.2, 0.25) is 11.8 Å². The third-order valence-electron chi connectivity index (χ3n) is 7.59. The maximum atomic E-state index is 14.0. The highest BCUT2D eigenvalue weighted by Gasteiger charge is 2.34. The average molecular weight is 566 g/mol. The SMILES string of the molecule is Cc1cccc(N(CC(=O)N(Cc2ccc(F)cc2)[C@H](C)C(=O)NC2CCCC2)S(=O)(=O)c2ccccc2)c1C. The van der Waals surface area contributed by atoms with Crippen LogP contribution in [0, 0.1) is 19.7 Å². The van der Waals surface area contributed by atoms with E-state index in [-0.39, 0.29) is 23.4 Å². The van der Waals surface area contributed by atoms with Crippen LogP contribution >= 0.6 is 0 Å². The molecule has 40 heavy (non-hydrogen) atoms. The molecule has 0 aliphatic heterocycles. The van der Waals surface area contributed by atoms with Crippen LogP contribution < -0.4 is 9.62 Å². The van der Waals surface area contributed by atoms with Crippen molar-refractivity contribution >= 4 is 27.5 Å². The quantitative estimate of drug-likeness (QED) is 0.370. The van der Waals surface area contributed by atoms with Gasteiger partial charge < -0.3 is 10.2 Å². The second kappa shape index (κ2) is 12.6. The van der Waals surface area contributed by atoms with Gasteiger partial charge in [0, 0.05) is 12.6 Å². The van der Waals surface area contributed by atoms with E-state index in [1.54, 1.807) is 49.4 Å². The molecule has 9 heteroatoms. The normalized spacial score (nSPS) is 14.5. The van der Waals surface area contributed by atoms with E-state index in [1.165, 1.54) is 29.2 Å². The summed E-state index contributed by atoms with van der Waals surface area (Å²) >= 11 is 0. The number of hydrogen-bond acceptors (Lipinski definition) is 4. The van der Waals surface area contributed by atoms with Gasteiger partial charge in [-0.3, -0.25) is 13.9 Å². The van der Waals surface area contributed by atoms with Crippen molar-refractivity contribution in [1.29, 1.82) is 0 Å². The predicted octanol–water partition coefficient (Wildman–Crippen LogP) is 5.11. The molecular weight excluding hydrogens is 529 g/mol. The third kappa shape index (κ3) is 6.70. The van der Waals surface area contributed by atoms with Crippen LogP contribution in [0.25, 0.3) is 0 Å². The molecule has 1 atom stereocenters. The minimum Gasteiger partial charge on any atom is -0.352 e. The van der Waals surface area contributed by atoms with Crippen LogP contribution in [0.2, 0.25) is 0 Å². The van der Waals surface area contributed by atoms with Gasteiger partial charge in [0.1, 0.15) is 18.4 Å². The number of hydrogen-bond donors (Lipinski definition) is 1. The zero-order valence-corrected chi connectivity index (χ0v) is 24.0. The Morgan fingerprint density at radius 2 is 1.60 bits per heavy atom. The topological polar surface area (TPSA) is 86.8 Å². The van der Waals surface area contributed by atoms with Gasteiger partial charge in [-0.1, -0.05) is 55.3 Å². The largest absolute Gasteiger partial charge is 0.352 e. The van der Waals surface area contributed by atoms with Gasteiger partial charge in [0.05, 0.1) is 10.6 Å². The van der Waals surface area contributed by atoms with Crippen LogP contribution in [-0.4, -0.2) is 43.8 Å². The van der Waals surface area contributed by atoms with Crippen LogP contribution in [0.1, 0.15) is 49.3 Å². The predicted molar refractivity (Wildman–Crippen MR) is 154 cm³/mol. The van der Waals surface area contributed by atoms with Crippen molar-refractivity contribution in [3.63, 3.8) is 0 Å². The number of nitrogens with zero attached hydrogens (tertiary/aromatic N) is 2. The highest BCUT2D eigenvalue weighted by Crippen LogP contribution is 2.29. The van der Waals surface area contributed by atoms with Crippen molar-refractivity contribution in [1.82, 2.24) is 10.2 Å². The van der Waals surface area contributed by atoms with Gasteiger partial charge in [-0.25, -0.2) is 12.8 Å². The van der Waals surface area contributed by atoms with Gasteiger partial charge in [-0.2, -0.15) is 0 Å². The smallest absolute Gasteiger partial charge is 0.264 e. The number of carbonyl (C=O) groups is 2. The number of anilines is 1. The van der Waals surface area contributed by atoms with Gasteiger partial charge in [0.15, 0.2) is 0 Å². The zero-order chi connectivity index (χ0) is 28.9. The van der Waals surface area contributed by atoms with E-state index >= 15 is 0 Å². The molecule has 1 N–H and O–H groups in total. The first kappa shape index (κ1) is 29.3. The van der Waals surface area contributed by atoms with Crippen LogP contribution in [0.3, 0.4) is 0 Å². The van der Waals surface area contributed by atoms with Crippen LogP contribution in [0.4, 0.5) is 10.1 Å². The zero-order valence-electron chi connectivity index (χ0n) is 23.1. The first-order chi connectivity index (χ1) is 19.1. The molecule has 0 spiro atoms. The van der Waals surface area contributed by atoms with E-state index in [9.17, 15) is 22.4 Å². The van der Waals surface area contributed by atoms with E-state index in [4.69, 9.17) is 0 Å². The van der Waals surface area contributed by atoms with Crippen molar-refractivity contribution in [3.8, 4) is 0 Å². The molecule has 1 aliphatic carbocycles. The van der Waals surface area contributed by atoms with Crippen molar-refractivity contribution < 1.29 is 22.4 Å². The fraction of sp³-hybridized carbons (Fsp3) is 0.355. The Balaban J connectivity index is 1.70. The molecule has 0 bridgehead atoms. The highest BCUT2D eigenvalue weighted by molar-refractivity contribution is 7.92. The minimum absolute atomic E-state index is 0.0182. The molecule has 0 heterocycles. The molecular formula is C31H36FN3O4S. The second-order valence-corrected chi connectivity index (χ2v) is 12.2. The molecule has 2 amide bonds. The van der Waals surface area contributed by atoms with E-state index in [0.29, 0.717) is 11.3 Å². The molecule has 0 saturated heterocycles. The Morgan fingerprint density at radius 1 is 0.950 bits per heavy atom. The molecule has 212 valence electrons. The lowest BCUT2D eigenvalue weighted by Crippen LogP contribution is -2.52. The summed E-state index contributed by atoms with van der Waals surface area (Å²) < 4.78 is 42.6. The molecule has 7 nitrogen and oxygen atoms in total. The number of nitrogens with one attached hydrogen (secondary N) is 1. The summed E-state index contributed by atoms with van der Waals surface area (Å²) in [4.78, 5) is 28.7. The summed E-state index contributed by atoms with van der Waals surface area (Å²) in [7, 11) is -4.13. The number of sulfonamides is 1. The Bertz CT molecular complexity index is 1440.